The Balaban J connectivity index is 0.000000420. The number of carbonyl (C=O) groups excluding carboxylic acids is 1. The van der Waals surface area contributed by atoms with Crippen LogP contribution in [0.2, 0.25) is 0 Å². The predicted octanol–water partition coefficient (Wildman–Crippen LogP) is 7.83. The number of alkyl halides is 3. The number of unbranched alkanes of at least 4 members (excludes halogenated alkanes) is 1. The number of allylic oxidation sites excluding steroid dienone is 5. The van der Waals surface area contributed by atoms with E-state index in [9.17, 15) is 23.1 Å². The predicted molar refractivity (Wildman–Crippen MR) is 150 cm³/mol. The van der Waals surface area contributed by atoms with Gasteiger partial charge in [0.25, 0.3) is 0 Å². The van der Waals surface area contributed by atoms with Crippen LogP contribution in [-0.4, -0.2) is 35.5 Å². The fourth-order valence-corrected chi connectivity index (χ4v) is 3.88. The molecule has 1 aromatic rings. The molecule has 1 aliphatic heterocycles. The number of carbonyl (C=O) groups is 1. The first-order valence-corrected chi connectivity index (χ1v) is 13.7. The molecule has 2 rings (SSSR count). The lowest BCUT2D eigenvalue weighted by Crippen LogP contribution is -2.33. The standard InChI is InChI=1S/C18H26F3NO.C13H21NO/c1-14-9-12-22(13-10-14)11-3-2-4-17(23)15-5-7-16(8-6-15)18(19,20)21;1-10(2)8-6-7-9-12(5)14-13(15)11(3)4/h5-8,14,17,23H,2-4,9-13H2,1H3;6-7,9,11H,1,8H2,2-5H3,(H,14,15)/b;7-6?,12-9+. The number of nitrogens with zero attached hydrogens (tertiary/aromatic N) is 1. The van der Waals surface area contributed by atoms with Crippen molar-refractivity contribution >= 4 is 5.91 Å². The fraction of sp³-hybridized carbons (Fsp3) is 0.581. The molecule has 0 aromatic heterocycles. The molecule has 0 spiro atoms. The molecule has 1 fully saturated rings. The van der Waals surface area contributed by atoms with Crippen molar-refractivity contribution < 1.29 is 23.1 Å². The molecular weight excluding hydrogens is 489 g/mol. The second-order valence-corrected chi connectivity index (χ2v) is 10.7. The van der Waals surface area contributed by atoms with Crippen LogP contribution in [0.5, 0.6) is 0 Å². The summed E-state index contributed by atoms with van der Waals surface area (Å²) in [5.41, 5.74) is 1.88. The Morgan fingerprint density at radius 1 is 1.16 bits per heavy atom. The van der Waals surface area contributed by atoms with E-state index < -0.39 is 17.8 Å². The van der Waals surface area contributed by atoms with Gasteiger partial charge in [0, 0.05) is 11.6 Å². The van der Waals surface area contributed by atoms with Crippen LogP contribution >= 0.6 is 0 Å². The maximum absolute atomic E-state index is 12.5. The van der Waals surface area contributed by atoms with Gasteiger partial charge in [-0.3, -0.25) is 4.79 Å². The number of nitrogens with one attached hydrogen (secondary N) is 1. The summed E-state index contributed by atoms with van der Waals surface area (Å²) in [6.07, 6.45) is 6.73. The minimum absolute atomic E-state index is 0.0211. The molecule has 0 aliphatic carbocycles. The van der Waals surface area contributed by atoms with Gasteiger partial charge in [0.2, 0.25) is 5.91 Å². The lowest BCUT2D eigenvalue weighted by atomic mass is 9.98. The molecule has 214 valence electrons. The summed E-state index contributed by atoms with van der Waals surface area (Å²) in [6.45, 7) is 17.1. The average Bonchev–Trinajstić information content (AvgIpc) is 2.85. The summed E-state index contributed by atoms with van der Waals surface area (Å²) in [7, 11) is 0. The van der Waals surface area contributed by atoms with E-state index in [2.05, 4.69) is 23.7 Å². The highest BCUT2D eigenvalue weighted by atomic mass is 19.4. The summed E-state index contributed by atoms with van der Waals surface area (Å²) < 4.78 is 37.5. The van der Waals surface area contributed by atoms with Gasteiger partial charge < -0.3 is 15.3 Å². The molecule has 1 heterocycles. The third-order valence-corrected chi connectivity index (χ3v) is 6.49. The van der Waals surface area contributed by atoms with Gasteiger partial charge in [-0.2, -0.15) is 13.2 Å². The Kier molecular flexibility index (Phi) is 15.3. The van der Waals surface area contributed by atoms with Crippen LogP contribution in [0.15, 0.2) is 60.3 Å². The number of hydrogen-bond acceptors (Lipinski definition) is 3. The van der Waals surface area contributed by atoms with Crippen LogP contribution in [0.4, 0.5) is 13.2 Å². The fourth-order valence-electron chi connectivity index (χ4n) is 3.88. The minimum atomic E-state index is -4.32. The molecule has 38 heavy (non-hydrogen) atoms. The molecule has 4 nitrogen and oxygen atoms in total. The Labute approximate surface area is 227 Å². The van der Waals surface area contributed by atoms with Gasteiger partial charge in [-0.25, -0.2) is 0 Å². The molecule has 0 radical (unpaired) electrons. The Morgan fingerprint density at radius 2 is 1.76 bits per heavy atom. The highest BCUT2D eigenvalue weighted by molar-refractivity contribution is 5.79. The van der Waals surface area contributed by atoms with Gasteiger partial charge in [0.05, 0.1) is 11.7 Å². The highest BCUT2D eigenvalue weighted by Crippen LogP contribution is 2.30. The molecule has 1 amide bonds. The van der Waals surface area contributed by atoms with Gasteiger partial charge in [0.1, 0.15) is 0 Å². The van der Waals surface area contributed by atoms with Crippen molar-refractivity contribution in [2.24, 2.45) is 11.8 Å². The van der Waals surface area contributed by atoms with E-state index in [0.717, 1.165) is 68.2 Å². The topological polar surface area (TPSA) is 52.6 Å². The second-order valence-electron chi connectivity index (χ2n) is 10.7. The average molecular weight is 537 g/mol. The number of aliphatic hydroxyl groups excluding tert-OH is 1. The Bertz CT molecular complexity index is 897. The number of rotatable bonds is 11. The molecule has 1 unspecified atom stereocenters. The molecule has 1 aliphatic rings. The third-order valence-electron chi connectivity index (χ3n) is 6.49. The van der Waals surface area contributed by atoms with Crippen molar-refractivity contribution in [1.29, 1.82) is 0 Å². The number of piperidine rings is 1. The van der Waals surface area contributed by atoms with Gasteiger partial charge in [-0.05, 0) is 102 Å². The first-order valence-electron chi connectivity index (χ1n) is 13.7. The van der Waals surface area contributed by atoms with Crippen LogP contribution in [0, 0.1) is 11.8 Å². The summed E-state index contributed by atoms with van der Waals surface area (Å²) in [6, 6.07) is 4.82. The van der Waals surface area contributed by atoms with Crippen LogP contribution in [0.3, 0.4) is 0 Å². The van der Waals surface area contributed by atoms with E-state index in [1.165, 1.54) is 25.0 Å². The van der Waals surface area contributed by atoms with E-state index in [1.807, 2.05) is 45.9 Å². The van der Waals surface area contributed by atoms with Crippen molar-refractivity contribution in [3.63, 3.8) is 0 Å². The largest absolute Gasteiger partial charge is 0.416 e. The van der Waals surface area contributed by atoms with Gasteiger partial charge >= 0.3 is 6.18 Å². The zero-order valence-corrected chi connectivity index (χ0v) is 23.8. The first-order chi connectivity index (χ1) is 17.8. The van der Waals surface area contributed by atoms with Crippen LogP contribution in [0.1, 0.15) is 90.4 Å². The van der Waals surface area contributed by atoms with Crippen molar-refractivity contribution in [1.82, 2.24) is 10.2 Å². The number of benzene rings is 1. The normalized spacial score (nSPS) is 16.3. The second kappa shape index (κ2) is 17.3. The number of aliphatic hydroxyl groups is 1. The van der Waals surface area contributed by atoms with E-state index in [0.29, 0.717) is 12.0 Å². The zero-order valence-electron chi connectivity index (χ0n) is 23.8. The summed E-state index contributed by atoms with van der Waals surface area (Å²) in [5, 5.41) is 12.9. The SMILES string of the molecule is C=C(C)CC=C/C=C(\C)NC(=O)C(C)C.CC1CCN(CCCCC(O)c2ccc(C(F)(F)F)cc2)CC1. The number of likely N-dealkylation sites (tertiary alicyclic amines) is 1. The maximum Gasteiger partial charge on any atom is 0.416 e. The van der Waals surface area contributed by atoms with Gasteiger partial charge in [-0.1, -0.05) is 57.2 Å². The molecule has 1 atom stereocenters. The van der Waals surface area contributed by atoms with Crippen LogP contribution in [-0.2, 0) is 11.0 Å². The quantitative estimate of drug-likeness (QED) is 0.172. The van der Waals surface area contributed by atoms with Crippen molar-refractivity contribution in [3.8, 4) is 0 Å². The van der Waals surface area contributed by atoms with Gasteiger partial charge in [0.15, 0.2) is 0 Å². The number of amides is 1. The molecule has 2 N–H and O–H groups in total. The van der Waals surface area contributed by atoms with Crippen molar-refractivity contribution in [2.75, 3.05) is 19.6 Å². The Morgan fingerprint density at radius 3 is 2.29 bits per heavy atom. The monoisotopic (exact) mass is 536 g/mol. The van der Waals surface area contributed by atoms with E-state index in [4.69, 9.17) is 0 Å². The maximum atomic E-state index is 12.5. The smallest absolute Gasteiger partial charge is 0.388 e. The van der Waals surface area contributed by atoms with E-state index in [-0.39, 0.29) is 11.8 Å². The third kappa shape index (κ3) is 14.5. The van der Waals surface area contributed by atoms with E-state index >= 15 is 0 Å². The summed E-state index contributed by atoms with van der Waals surface area (Å²) in [5.74, 6) is 0.901. The van der Waals surface area contributed by atoms with Gasteiger partial charge in [-0.15, -0.1) is 0 Å². The molecule has 0 saturated carbocycles. The lowest BCUT2D eigenvalue weighted by molar-refractivity contribution is -0.137. The molecular formula is C31H47F3N2O2. The lowest BCUT2D eigenvalue weighted by Gasteiger charge is -2.30. The minimum Gasteiger partial charge on any atom is -0.388 e. The van der Waals surface area contributed by atoms with Crippen molar-refractivity contribution in [3.05, 3.63) is 71.5 Å². The molecule has 1 aromatic carbocycles. The molecule has 7 heteroatoms. The van der Waals surface area contributed by atoms with Crippen LogP contribution in [0.25, 0.3) is 0 Å². The summed E-state index contributed by atoms with van der Waals surface area (Å²) in [4.78, 5) is 13.8. The summed E-state index contributed by atoms with van der Waals surface area (Å²) >= 11 is 0. The van der Waals surface area contributed by atoms with Crippen molar-refractivity contribution in [2.45, 2.75) is 85.4 Å². The number of hydrogen-bond donors (Lipinski definition) is 2. The first kappa shape index (κ1) is 33.6. The highest BCUT2D eigenvalue weighted by Gasteiger charge is 2.30. The molecule has 1 saturated heterocycles. The van der Waals surface area contributed by atoms with Crippen LogP contribution < -0.4 is 5.32 Å². The Hall–Kier alpha value is -2.38. The number of halogens is 3. The zero-order chi connectivity index (χ0) is 28.7. The molecule has 0 bridgehead atoms. The van der Waals surface area contributed by atoms with E-state index in [1.54, 1.807) is 0 Å².